The summed E-state index contributed by atoms with van der Waals surface area (Å²) in [6.45, 7) is 1.14. The van der Waals surface area contributed by atoms with E-state index in [0.717, 1.165) is 43.1 Å². The van der Waals surface area contributed by atoms with Crippen LogP contribution in [0.4, 0.5) is 0 Å². The first kappa shape index (κ1) is 28.7. The van der Waals surface area contributed by atoms with Crippen molar-refractivity contribution >= 4 is 32.8 Å². The number of pyridine rings is 1. The first-order chi connectivity index (χ1) is 16.3. The molecule has 10 heteroatoms. The fourth-order valence-corrected chi connectivity index (χ4v) is 4.74. The Kier molecular flexibility index (Phi) is 11.6. The Hall–Kier alpha value is -2.53. The van der Waals surface area contributed by atoms with Crippen LogP contribution >= 0.6 is 11.8 Å². The van der Waals surface area contributed by atoms with Crippen molar-refractivity contribution in [1.82, 2.24) is 5.32 Å². The van der Waals surface area contributed by atoms with Gasteiger partial charge in [0.15, 0.2) is 17.5 Å². The van der Waals surface area contributed by atoms with Gasteiger partial charge in [0.1, 0.15) is 6.54 Å². The maximum atomic E-state index is 12.7. The molecule has 3 N–H and O–H groups in total. The molecule has 0 fully saturated rings. The fourth-order valence-electron chi connectivity index (χ4n) is 3.32. The fraction of sp³-hybridized carbons (Fsp3) is 0.240. The summed E-state index contributed by atoms with van der Waals surface area (Å²) < 4.78 is 24.8. The van der Waals surface area contributed by atoms with Crippen molar-refractivity contribution in [3.05, 3.63) is 90.3 Å². The molecule has 1 heterocycles. The van der Waals surface area contributed by atoms with Crippen molar-refractivity contribution in [3.8, 4) is 0 Å². The maximum absolute atomic E-state index is 12.7. The maximum Gasteiger partial charge on any atom is 0.252 e. The van der Waals surface area contributed by atoms with E-state index in [-0.39, 0.29) is 39.4 Å². The summed E-state index contributed by atoms with van der Waals surface area (Å²) >= 11 is 1.09. The van der Waals surface area contributed by atoms with Gasteiger partial charge in [-0.1, -0.05) is 42.1 Å². The van der Waals surface area contributed by atoms with E-state index < -0.39 is 10.0 Å². The molecule has 2 aromatic carbocycles. The van der Waals surface area contributed by atoms with Gasteiger partial charge in [-0.2, -0.15) is 0 Å². The number of amides is 1. The van der Waals surface area contributed by atoms with Gasteiger partial charge >= 0.3 is 0 Å². The number of carbonyl (C=O) groups excluding carboxylic acids is 2. The predicted octanol–water partition coefficient (Wildman–Crippen LogP) is 0.435. The predicted molar refractivity (Wildman–Crippen MR) is 131 cm³/mol. The Morgan fingerprint density at radius 2 is 1.57 bits per heavy atom. The molecule has 3 rings (SSSR count). The number of benzene rings is 2. The number of nitrogens with zero attached hydrogens (tertiary/aromatic N) is 1. The molecule has 0 spiro atoms. The second-order valence-corrected chi connectivity index (χ2v) is 10.4. The third kappa shape index (κ3) is 9.56. The zero-order valence-corrected chi connectivity index (χ0v) is 22.3. The minimum Gasteiger partial charge on any atom is -1.00 e. The SMILES string of the molecule is NS(=O)(=O)c1ccc(CNC(=O)c2ccccc2SC(=O)CCCCC[n+]2ccccc2)cc1.[Br-]. The molecule has 35 heavy (non-hydrogen) atoms. The minimum absolute atomic E-state index is 0. The minimum atomic E-state index is -3.76. The molecule has 0 atom stereocenters. The van der Waals surface area contributed by atoms with E-state index in [1.54, 1.807) is 36.4 Å². The lowest BCUT2D eigenvalue weighted by atomic mass is 10.2. The number of thioether (sulfide) groups is 1. The Labute approximate surface area is 221 Å². The van der Waals surface area contributed by atoms with Crippen LogP contribution in [-0.4, -0.2) is 19.4 Å². The van der Waals surface area contributed by atoms with Crippen molar-refractivity contribution in [3.63, 3.8) is 0 Å². The highest BCUT2D eigenvalue weighted by atomic mass is 79.9. The van der Waals surface area contributed by atoms with Gasteiger partial charge in [0.2, 0.25) is 10.0 Å². The number of unbranched alkanes of at least 4 members (excludes halogenated alkanes) is 2. The number of nitrogens with one attached hydrogen (secondary N) is 1. The van der Waals surface area contributed by atoms with E-state index in [4.69, 9.17) is 5.14 Å². The average molecular weight is 579 g/mol. The molecule has 0 aliphatic carbocycles. The molecule has 0 bridgehead atoms. The van der Waals surface area contributed by atoms with E-state index in [9.17, 15) is 18.0 Å². The van der Waals surface area contributed by atoms with Crippen LogP contribution in [0.3, 0.4) is 0 Å². The normalized spacial score (nSPS) is 10.9. The molecule has 7 nitrogen and oxygen atoms in total. The molecule has 0 aliphatic heterocycles. The summed E-state index contributed by atoms with van der Waals surface area (Å²) in [5.74, 6) is -0.300. The number of rotatable bonds is 11. The van der Waals surface area contributed by atoms with Gasteiger partial charge in [-0.3, -0.25) is 9.59 Å². The second kappa shape index (κ2) is 14.1. The third-order valence-electron chi connectivity index (χ3n) is 5.13. The lowest BCUT2D eigenvalue weighted by molar-refractivity contribution is -0.697. The number of carbonyl (C=O) groups is 2. The van der Waals surface area contributed by atoms with Crippen molar-refractivity contribution in [1.29, 1.82) is 0 Å². The summed E-state index contributed by atoms with van der Waals surface area (Å²) in [5, 5.41) is 7.95. The molecule has 0 aliphatic rings. The Bertz CT molecular complexity index is 1220. The highest BCUT2D eigenvalue weighted by molar-refractivity contribution is 8.13. The van der Waals surface area contributed by atoms with E-state index >= 15 is 0 Å². The van der Waals surface area contributed by atoms with Gasteiger partial charge in [-0.05, 0) is 42.7 Å². The molecule has 1 aromatic heterocycles. The first-order valence-corrected chi connectivity index (χ1v) is 13.3. The standard InChI is InChI=1S/C25H27N3O4S2.BrH/c26-34(31,32)21-14-12-20(13-15-21)19-27-25(30)22-9-4-5-10-23(22)33-24(29)11-3-1-6-16-28-17-7-2-8-18-28;/h2,4-5,7-10,12-15,17-18H,1,3,6,11,16,19H2,(H2-,26,27,30,31,32);1H. The van der Waals surface area contributed by atoms with E-state index in [2.05, 4.69) is 9.88 Å². The molecule has 0 saturated heterocycles. The van der Waals surface area contributed by atoms with Crippen molar-refractivity contribution < 1.29 is 39.6 Å². The summed E-state index contributed by atoms with van der Waals surface area (Å²) in [6.07, 6.45) is 7.29. The van der Waals surface area contributed by atoms with Crippen LogP contribution in [0, 0.1) is 0 Å². The van der Waals surface area contributed by atoms with Gasteiger partial charge < -0.3 is 22.3 Å². The lowest BCUT2D eigenvalue weighted by Gasteiger charge is -2.10. The highest BCUT2D eigenvalue weighted by Crippen LogP contribution is 2.25. The van der Waals surface area contributed by atoms with Gasteiger partial charge in [0.25, 0.3) is 5.91 Å². The number of hydrogen-bond donors (Lipinski definition) is 2. The van der Waals surface area contributed by atoms with Gasteiger partial charge in [-0.15, -0.1) is 0 Å². The van der Waals surface area contributed by atoms with Gasteiger partial charge in [-0.25, -0.2) is 18.1 Å². The number of aryl methyl sites for hydroxylation is 1. The molecular weight excluding hydrogens is 550 g/mol. The van der Waals surface area contributed by atoms with Crippen molar-refractivity contribution in [2.75, 3.05) is 0 Å². The monoisotopic (exact) mass is 577 g/mol. The Morgan fingerprint density at radius 3 is 2.26 bits per heavy atom. The molecule has 186 valence electrons. The van der Waals surface area contributed by atoms with Gasteiger partial charge in [0, 0.05) is 36.4 Å². The van der Waals surface area contributed by atoms with Crippen molar-refractivity contribution in [2.45, 2.75) is 48.6 Å². The average Bonchev–Trinajstić information content (AvgIpc) is 2.83. The Morgan fingerprint density at radius 1 is 0.886 bits per heavy atom. The smallest absolute Gasteiger partial charge is 0.252 e. The number of halogens is 1. The Balaban J connectivity index is 0.00000432. The van der Waals surface area contributed by atoms with Crippen LogP contribution < -0.4 is 32.0 Å². The number of hydrogen-bond acceptors (Lipinski definition) is 5. The highest BCUT2D eigenvalue weighted by Gasteiger charge is 2.15. The number of aromatic nitrogens is 1. The summed E-state index contributed by atoms with van der Waals surface area (Å²) in [7, 11) is -3.76. The number of primary sulfonamides is 1. The quantitative estimate of drug-likeness (QED) is 0.195. The van der Waals surface area contributed by atoms with E-state index in [1.807, 2.05) is 30.6 Å². The van der Waals surface area contributed by atoms with E-state index in [0.29, 0.717) is 16.9 Å². The molecule has 0 saturated carbocycles. The van der Waals surface area contributed by atoms with E-state index in [1.165, 1.54) is 12.1 Å². The molecule has 0 unspecified atom stereocenters. The zero-order chi connectivity index (χ0) is 24.4. The van der Waals surface area contributed by atoms with Crippen LogP contribution in [0.5, 0.6) is 0 Å². The first-order valence-electron chi connectivity index (χ1n) is 11.0. The largest absolute Gasteiger partial charge is 1.00 e. The molecular formula is C25H28BrN3O4S2. The molecule has 1 amide bonds. The van der Waals surface area contributed by atoms with Crippen LogP contribution in [-0.2, 0) is 27.9 Å². The lowest BCUT2D eigenvalue weighted by Crippen LogP contribution is -3.00. The summed E-state index contributed by atoms with van der Waals surface area (Å²) in [4.78, 5) is 25.8. The van der Waals surface area contributed by atoms with Crippen LogP contribution in [0.1, 0.15) is 41.6 Å². The molecule has 0 radical (unpaired) electrons. The second-order valence-electron chi connectivity index (χ2n) is 7.77. The van der Waals surface area contributed by atoms with Gasteiger partial charge in [0.05, 0.1) is 10.5 Å². The zero-order valence-electron chi connectivity index (χ0n) is 19.1. The number of nitrogens with two attached hydrogens (primary N) is 1. The summed E-state index contributed by atoms with van der Waals surface area (Å²) in [6, 6.07) is 19.0. The third-order valence-corrected chi connectivity index (χ3v) is 7.07. The topological polar surface area (TPSA) is 110 Å². The van der Waals surface area contributed by atoms with Crippen LogP contribution in [0.25, 0.3) is 0 Å². The van der Waals surface area contributed by atoms with Crippen LogP contribution in [0.2, 0.25) is 0 Å². The number of sulfonamides is 1. The molecule has 3 aromatic rings. The van der Waals surface area contributed by atoms with Crippen LogP contribution in [0.15, 0.2) is 88.9 Å². The summed E-state index contributed by atoms with van der Waals surface area (Å²) in [5.41, 5.74) is 1.16. The van der Waals surface area contributed by atoms with Crippen molar-refractivity contribution in [2.24, 2.45) is 5.14 Å².